The molecule has 0 unspecified atom stereocenters. The molecule has 36 heavy (non-hydrogen) atoms. The molecule has 2 aliphatic heterocycles. The van der Waals surface area contributed by atoms with Gasteiger partial charge in [-0.15, -0.1) is 18.1 Å². The van der Waals surface area contributed by atoms with Crippen molar-refractivity contribution in [2.24, 2.45) is 5.73 Å². The Morgan fingerprint density at radius 1 is 0.889 bits per heavy atom. The van der Waals surface area contributed by atoms with Crippen LogP contribution in [-0.2, 0) is 20.2 Å². The lowest BCUT2D eigenvalue weighted by Crippen LogP contribution is -2.45. The van der Waals surface area contributed by atoms with E-state index in [-0.39, 0.29) is 24.7 Å². The SMILES string of the molecule is C=C.NCCOCCOONC(=O)c1ccc2c(c1)C1(O2)c2ccc(O)cc2Oc2cc(O)ccc21. The first kappa shape index (κ1) is 25.0. The van der Waals surface area contributed by atoms with E-state index in [4.69, 9.17) is 29.8 Å². The Kier molecular flexibility index (Phi) is 7.41. The standard InChI is InChI=1S/C24H22N2O8.C2H4/c25-7-8-30-9-10-31-34-26-23(29)14-1-6-20-19(11-14)24(33-20)17-4-2-15(27)12-21(17)32-22-13-16(28)3-5-18(22)24;1-2/h1-6,11-13,27-28H,7-10,25H2,(H,26,29);1-2H2. The number of carbonyl (C=O) groups is 1. The minimum Gasteiger partial charge on any atom is -0.508 e. The number of hydroxylamine groups is 1. The number of benzene rings is 3. The second kappa shape index (κ2) is 10.7. The first-order chi connectivity index (χ1) is 17.5. The van der Waals surface area contributed by atoms with E-state index in [0.29, 0.717) is 47.1 Å². The van der Waals surface area contributed by atoms with Crippen molar-refractivity contribution < 1.29 is 39.1 Å². The summed E-state index contributed by atoms with van der Waals surface area (Å²) in [5, 5.41) is 19.9. The van der Waals surface area contributed by atoms with E-state index in [1.807, 2.05) is 0 Å². The van der Waals surface area contributed by atoms with Gasteiger partial charge in [-0.3, -0.25) is 4.79 Å². The van der Waals surface area contributed by atoms with E-state index in [1.54, 1.807) is 30.3 Å². The van der Waals surface area contributed by atoms with E-state index in [9.17, 15) is 15.0 Å². The fourth-order valence-corrected chi connectivity index (χ4v) is 4.09. The van der Waals surface area contributed by atoms with Gasteiger partial charge in [0.2, 0.25) is 0 Å². The molecule has 0 bridgehead atoms. The molecule has 2 aliphatic rings. The molecule has 188 valence electrons. The Bertz CT molecular complexity index is 1210. The summed E-state index contributed by atoms with van der Waals surface area (Å²) in [5.74, 6) is 0.883. The Labute approximate surface area is 207 Å². The van der Waals surface area contributed by atoms with Gasteiger partial charge in [-0.25, -0.2) is 4.89 Å². The molecule has 1 spiro atoms. The molecular formula is C26H26N2O8. The van der Waals surface area contributed by atoms with E-state index in [1.165, 1.54) is 24.3 Å². The zero-order valence-corrected chi connectivity index (χ0v) is 19.4. The fourth-order valence-electron chi connectivity index (χ4n) is 4.09. The van der Waals surface area contributed by atoms with Crippen LogP contribution < -0.4 is 20.7 Å². The van der Waals surface area contributed by atoms with E-state index in [0.717, 1.165) is 5.56 Å². The number of fused-ring (bicyclic) bond motifs is 6. The molecule has 5 rings (SSSR count). The smallest absolute Gasteiger partial charge is 0.277 e. The summed E-state index contributed by atoms with van der Waals surface area (Å²) in [5.41, 5.74) is 8.84. The van der Waals surface area contributed by atoms with Crippen LogP contribution >= 0.6 is 0 Å². The summed E-state index contributed by atoms with van der Waals surface area (Å²) in [6.07, 6.45) is 0. The van der Waals surface area contributed by atoms with Gasteiger partial charge in [0.05, 0.1) is 13.2 Å². The summed E-state index contributed by atoms with van der Waals surface area (Å²) in [6.45, 7) is 7.21. The number of carbonyl (C=O) groups excluding carboxylic acids is 1. The number of amides is 1. The predicted molar refractivity (Wildman–Crippen MR) is 129 cm³/mol. The monoisotopic (exact) mass is 494 g/mol. The van der Waals surface area contributed by atoms with Crippen molar-refractivity contribution in [2.75, 3.05) is 26.4 Å². The molecule has 2 heterocycles. The summed E-state index contributed by atoms with van der Waals surface area (Å²) in [7, 11) is 0. The van der Waals surface area contributed by atoms with Gasteiger partial charge in [-0.1, -0.05) is 0 Å². The molecule has 3 aromatic carbocycles. The van der Waals surface area contributed by atoms with Gasteiger partial charge in [0.15, 0.2) is 5.60 Å². The Morgan fingerprint density at radius 3 is 2.19 bits per heavy atom. The Morgan fingerprint density at radius 2 is 1.56 bits per heavy atom. The van der Waals surface area contributed by atoms with E-state index >= 15 is 0 Å². The van der Waals surface area contributed by atoms with Crippen molar-refractivity contribution >= 4 is 5.91 Å². The Balaban J connectivity index is 0.00000148. The van der Waals surface area contributed by atoms with Crippen molar-refractivity contribution in [1.29, 1.82) is 0 Å². The van der Waals surface area contributed by atoms with Crippen LogP contribution in [0.25, 0.3) is 0 Å². The number of rotatable bonds is 8. The quantitative estimate of drug-likeness (QED) is 0.161. The number of phenolic OH excluding ortho intramolecular Hbond substituents is 2. The van der Waals surface area contributed by atoms with E-state index < -0.39 is 11.5 Å². The van der Waals surface area contributed by atoms with Crippen LogP contribution in [0.3, 0.4) is 0 Å². The minimum absolute atomic E-state index is 0.0238. The zero-order valence-electron chi connectivity index (χ0n) is 19.4. The molecule has 5 N–H and O–H groups in total. The minimum atomic E-state index is -1.08. The van der Waals surface area contributed by atoms with Gasteiger partial charge in [-0.05, 0) is 42.5 Å². The highest BCUT2D eigenvalue weighted by molar-refractivity contribution is 5.94. The number of aromatic hydroxyl groups is 2. The first-order valence-electron chi connectivity index (χ1n) is 11.1. The maximum atomic E-state index is 12.6. The molecule has 0 aromatic heterocycles. The van der Waals surface area contributed by atoms with Crippen LogP contribution in [0.1, 0.15) is 27.0 Å². The molecule has 10 heteroatoms. The third-order valence-electron chi connectivity index (χ3n) is 5.56. The maximum absolute atomic E-state index is 12.6. The average molecular weight is 495 g/mol. The molecule has 0 saturated heterocycles. The second-order valence-electron chi connectivity index (χ2n) is 7.69. The summed E-state index contributed by atoms with van der Waals surface area (Å²) >= 11 is 0. The van der Waals surface area contributed by atoms with E-state index in [2.05, 4.69) is 18.6 Å². The molecule has 0 fully saturated rings. The Hall–Kier alpha value is -4.09. The molecule has 0 radical (unpaired) electrons. The van der Waals surface area contributed by atoms with Gasteiger partial charge in [0.1, 0.15) is 35.4 Å². The van der Waals surface area contributed by atoms with Gasteiger partial charge >= 0.3 is 0 Å². The molecule has 0 aliphatic carbocycles. The summed E-state index contributed by atoms with van der Waals surface area (Å²) < 4.78 is 17.4. The third-order valence-corrected chi connectivity index (χ3v) is 5.56. The van der Waals surface area contributed by atoms with Crippen molar-refractivity contribution in [3.63, 3.8) is 0 Å². The number of hydrogen-bond donors (Lipinski definition) is 4. The van der Waals surface area contributed by atoms with Gasteiger partial charge in [0.25, 0.3) is 5.91 Å². The largest absolute Gasteiger partial charge is 0.508 e. The van der Waals surface area contributed by atoms with Crippen LogP contribution in [0.2, 0.25) is 0 Å². The second-order valence-corrected chi connectivity index (χ2v) is 7.69. The topological polar surface area (TPSA) is 142 Å². The lowest BCUT2D eigenvalue weighted by atomic mass is 9.73. The van der Waals surface area contributed by atoms with Crippen molar-refractivity contribution in [1.82, 2.24) is 5.48 Å². The van der Waals surface area contributed by atoms with Crippen LogP contribution in [-0.4, -0.2) is 42.5 Å². The lowest BCUT2D eigenvalue weighted by Gasteiger charge is -2.47. The number of ether oxygens (including phenoxy) is 3. The summed E-state index contributed by atoms with van der Waals surface area (Å²) in [4.78, 5) is 22.3. The molecular weight excluding hydrogens is 468 g/mol. The van der Waals surface area contributed by atoms with Crippen LogP contribution in [0.5, 0.6) is 28.7 Å². The third kappa shape index (κ3) is 4.45. The lowest BCUT2D eigenvalue weighted by molar-refractivity contribution is -0.328. The predicted octanol–water partition coefficient (Wildman–Crippen LogP) is 3.26. The highest BCUT2D eigenvalue weighted by Crippen LogP contribution is 2.60. The number of nitrogens with two attached hydrogens (primary N) is 1. The van der Waals surface area contributed by atoms with Crippen molar-refractivity contribution in [2.45, 2.75) is 5.60 Å². The van der Waals surface area contributed by atoms with Crippen LogP contribution in [0.15, 0.2) is 67.8 Å². The zero-order chi connectivity index (χ0) is 25.7. The fraction of sp³-hybridized carbons (Fsp3) is 0.192. The maximum Gasteiger partial charge on any atom is 0.277 e. The molecule has 1 amide bonds. The highest BCUT2D eigenvalue weighted by Gasteiger charge is 2.54. The molecule has 0 atom stereocenters. The number of nitrogens with one attached hydrogen (secondary N) is 1. The molecule has 0 saturated carbocycles. The van der Waals surface area contributed by atoms with Crippen LogP contribution in [0.4, 0.5) is 0 Å². The van der Waals surface area contributed by atoms with Crippen molar-refractivity contribution in [3.05, 3.63) is 90.0 Å². The van der Waals surface area contributed by atoms with Gasteiger partial charge in [0, 0.05) is 40.9 Å². The highest BCUT2D eigenvalue weighted by atomic mass is 17.3. The number of phenols is 2. The van der Waals surface area contributed by atoms with Crippen LogP contribution in [0, 0.1) is 0 Å². The van der Waals surface area contributed by atoms with Crippen molar-refractivity contribution in [3.8, 4) is 28.7 Å². The molecule has 10 nitrogen and oxygen atoms in total. The average Bonchev–Trinajstić information content (AvgIpc) is 2.87. The summed E-state index contributed by atoms with van der Waals surface area (Å²) in [6, 6.07) is 14.4. The molecule has 3 aromatic rings. The first-order valence-corrected chi connectivity index (χ1v) is 11.1. The van der Waals surface area contributed by atoms with Gasteiger partial charge in [-0.2, -0.15) is 5.48 Å². The van der Waals surface area contributed by atoms with Gasteiger partial charge < -0.3 is 30.2 Å². The normalized spacial score (nSPS) is 13.5. The number of hydrogen-bond acceptors (Lipinski definition) is 9.